The van der Waals surface area contributed by atoms with Crippen molar-refractivity contribution in [3.8, 4) is 0 Å². The minimum atomic E-state index is 0.860. The van der Waals surface area contributed by atoms with Gasteiger partial charge >= 0.3 is 0 Å². The molecule has 0 saturated carbocycles. The summed E-state index contributed by atoms with van der Waals surface area (Å²) in [6.07, 6.45) is 7.28. The number of hydrogen-bond acceptors (Lipinski definition) is 2. The SMILES string of the molecule is C/C(=C\c1ccco1)c1cn[nH]c1. The molecule has 3 heteroatoms. The van der Waals surface area contributed by atoms with Gasteiger partial charge in [-0.1, -0.05) is 0 Å². The van der Waals surface area contributed by atoms with Crippen LogP contribution < -0.4 is 0 Å². The van der Waals surface area contributed by atoms with Gasteiger partial charge in [0.2, 0.25) is 0 Å². The molecule has 0 aliphatic carbocycles. The highest BCUT2D eigenvalue weighted by Gasteiger charge is 1.97. The van der Waals surface area contributed by atoms with Crippen molar-refractivity contribution >= 4 is 11.6 Å². The van der Waals surface area contributed by atoms with E-state index >= 15 is 0 Å². The summed E-state index contributed by atoms with van der Waals surface area (Å²) in [5.74, 6) is 0.860. The Bertz CT molecular complexity index is 384. The molecule has 0 unspecified atom stereocenters. The van der Waals surface area contributed by atoms with Gasteiger partial charge in [-0.15, -0.1) is 0 Å². The summed E-state index contributed by atoms with van der Waals surface area (Å²) in [5.41, 5.74) is 2.21. The van der Waals surface area contributed by atoms with E-state index in [4.69, 9.17) is 4.42 Å². The Hall–Kier alpha value is -1.77. The standard InChI is InChI=1S/C10H10N2O/c1-8(9-6-11-12-7-9)5-10-3-2-4-13-10/h2-7H,1H3,(H,11,12)/b8-5+. The summed E-state index contributed by atoms with van der Waals surface area (Å²) in [7, 11) is 0. The Labute approximate surface area is 76.1 Å². The molecule has 0 bridgehead atoms. The lowest BCUT2D eigenvalue weighted by Gasteiger charge is -1.93. The van der Waals surface area contributed by atoms with Crippen LogP contribution >= 0.6 is 0 Å². The lowest BCUT2D eigenvalue weighted by atomic mass is 10.1. The molecule has 0 aromatic carbocycles. The van der Waals surface area contributed by atoms with Crippen LogP contribution in [0.25, 0.3) is 11.6 Å². The third-order valence-corrected chi connectivity index (χ3v) is 1.86. The number of aromatic amines is 1. The van der Waals surface area contributed by atoms with Gasteiger partial charge < -0.3 is 4.42 Å². The van der Waals surface area contributed by atoms with Crippen LogP contribution in [0.1, 0.15) is 18.2 Å². The van der Waals surface area contributed by atoms with Crippen LogP contribution in [-0.4, -0.2) is 10.2 Å². The van der Waals surface area contributed by atoms with Gasteiger partial charge in [0.25, 0.3) is 0 Å². The van der Waals surface area contributed by atoms with Gasteiger partial charge in [0.1, 0.15) is 5.76 Å². The first-order valence-electron chi connectivity index (χ1n) is 4.07. The molecule has 13 heavy (non-hydrogen) atoms. The fourth-order valence-corrected chi connectivity index (χ4v) is 1.14. The number of rotatable bonds is 2. The van der Waals surface area contributed by atoms with Gasteiger partial charge in [-0.2, -0.15) is 5.10 Å². The summed E-state index contributed by atoms with van der Waals surface area (Å²) < 4.78 is 5.20. The van der Waals surface area contributed by atoms with E-state index in [0.717, 1.165) is 16.9 Å². The van der Waals surface area contributed by atoms with E-state index in [2.05, 4.69) is 10.2 Å². The van der Waals surface area contributed by atoms with Crippen LogP contribution in [0, 0.1) is 0 Å². The fraction of sp³-hybridized carbons (Fsp3) is 0.100. The van der Waals surface area contributed by atoms with Crippen molar-refractivity contribution in [2.45, 2.75) is 6.92 Å². The van der Waals surface area contributed by atoms with Gasteiger partial charge in [0.05, 0.1) is 12.5 Å². The monoisotopic (exact) mass is 174 g/mol. The minimum absolute atomic E-state index is 0.860. The molecule has 2 heterocycles. The number of furan rings is 1. The molecular formula is C10H10N2O. The van der Waals surface area contributed by atoms with Crippen molar-refractivity contribution in [3.05, 3.63) is 42.1 Å². The van der Waals surface area contributed by atoms with Gasteiger partial charge in [-0.3, -0.25) is 5.10 Å². The van der Waals surface area contributed by atoms with Crippen molar-refractivity contribution in [1.29, 1.82) is 0 Å². The molecule has 2 rings (SSSR count). The summed E-state index contributed by atoms with van der Waals surface area (Å²) in [5, 5.41) is 6.64. The second-order valence-corrected chi connectivity index (χ2v) is 2.83. The van der Waals surface area contributed by atoms with Crippen LogP contribution in [0.15, 0.2) is 35.2 Å². The molecule has 0 aliphatic rings. The first-order valence-corrected chi connectivity index (χ1v) is 4.07. The van der Waals surface area contributed by atoms with E-state index in [0.29, 0.717) is 0 Å². The predicted molar refractivity (Wildman–Crippen MR) is 50.8 cm³/mol. The van der Waals surface area contributed by atoms with E-state index in [9.17, 15) is 0 Å². The Kier molecular flexibility index (Phi) is 2.00. The highest BCUT2D eigenvalue weighted by Crippen LogP contribution is 2.15. The maximum Gasteiger partial charge on any atom is 0.126 e. The molecule has 0 saturated heterocycles. The molecule has 2 aromatic heterocycles. The average molecular weight is 174 g/mol. The van der Waals surface area contributed by atoms with E-state index in [1.54, 1.807) is 12.5 Å². The molecular weight excluding hydrogens is 164 g/mol. The molecule has 0 radical (unpaired) electrons. The molecule has 1 N–H and O–H groups in total. The topological polar surface area (TPSA) is 41.8 Å². The van der Waals surface area contributed by atoms with Crippen molar-refractivity contribution in [3.63, 3.8) is 0 Å². The Morgan fingerprint density at radius 1 is 1.62 bits per heavy atom. The van der Waals surface area contributed by atoms with Crippen LogP contribution in [-0.2, 0) is 0 Å². The van der Waals surface area contributed by atoms with E-state index < -0.39 is 0 Å². The Morgan fingerprint density at radius 2 is 2.54 bits per heavy atom. The second-order valence-electron chi connectivity index (χ2n) is 2.83. The molecule has 3 nitrogen and oxygen atoms in total. The summed E-state index contributed by atoms with van der Waals surface area (Å²) in [6, 6.07) is 3.79. The number of nitrogens with zero attached hydrogens (tertiary/aromatic N) is 1. The maximum atomic E-state index is 5.20. The molecule has 0 aliphatic heterocycles. The zero-order valence-electron chi connectivity index (χ0n) is 7.32. The number of H-pyrrole nitrogens is 1. The maximum absolute atomic E-state index is 5.20. The van der Waals surface area contributed by atoms with Gasteiger partial charge in [-0.25, -0.2) is 0 Å². The molecule has 0 fully saturated rings. The highest BCUT2D eigenvalue weighted by molar-refractivity contribution is 5.77. The van der Waals surface area contributed by atoms with Gasteiger partial charge in [0.15, 0.2) is 0 Å². The number of nitrogens with one attached hydrogen (secondary N) is 1. The second kappa shape index (κ2) is 3.31. The first kappa shape index (κ1) is 7.86. The minimum Gasteiger partial charge on any atom is -0.465 e. The van der Waals surface area contributed by atoms with Crippen LogP contribution in [0.3, 0.4) is 0 Å². The molecule has 0 atom stereocenters. The third-order valence-electron chi connectivity index (χ3n) is 1.86. The van der Waals surface area contributed by atoms with Crippen LogP contribution in [0.4, 0.5) is 0 Å². The van der Waals surface area contributed by atoms with E-state index in [1.807, 2.05) is 31.3 Å². The zero-order valence-corrected chi connectivity index (χ0v) is 7.32. The van der Waals surface area contributed by atoms with E-state index in [-0.39, 0.29) is 0 Å². The number of allylic oxidation sites excluding steroid dienone is 1. The molecule has 0 spiro atoms. The smallest absolute Gasteiger partial charge is 0.126 e. The van der Waals surface area contributed by atoms with Crippen LogP contribution in [0.5, 0.6) is 0 Å². The summed E-state index contributed by atoms with van der Waals surface area (Å²) in [4.78, 5) is 0. The lowest BCUT2D eigenvalue weighted by Crippen LogP contribution is -1.73. The summed E-state index contributed by atoms with van der Waals surface area (Å²) >= 11 is 0. The average Bonchev–Trinajstić information content (AvgIpc) is 2.74. The molecule has 2 aromatic rings. The molecule has 66 valence electrons. The largest absolute Gasteiger partial charge is 0.465 e. The highest BCUT2D eigenvalue weighted by atomic mass is 16.3. The third kappa shape index (κ3) is 1.69. The Morgan fingerprint density at radius 3 is 3.15 bits per heavy atom. The van der Waals surface area contributed by atoms with Crippen molar-refractivity contribution in [1.82, 2.24) is 10.2 Å². The fourth-order valence-electron chi connectivity index (χ4n) is 1.14. The number of hydrogen-bond donors (Lipinski definition) is 1. The molecule has 0 amide bonds. The normalized spacial score (nSPS) is 11.9. The Balaban J connectivity index is 2.27. The number of aromatic nitrogens is 2. The van der Waals surface area contributed by atoms with E-state index in [1.165, 1.54) is 0 Å². The van der Waals surface area contributed by atoms with Crippen molar-refractivity contribution < 1.29 is 4.42 Å². The van der Waals surface area contributed by atoms with Gasteiger partial charge in [-0.05, 0) is 30.7 Å². The zero-order chi connectivity index (χ0) is 9.10. The van der Waals surface area contributed by atoms with Gasteiger partial charge in [0, 0.05) is 11.8 Å². The van der Waals surface area contributed by atoms with Crippen molar-refractivity contribution in [2.75, 3.05) is 0 Å². The van der Waals surface area contributed by atoms with Crippen molar-refractivity contribution in [2.24, 2.45) is 0 Å². The summed E-state index contributed by atoms with van der Waals surface area (Å²) in [6.45, 7) is 2.02. The first-order chi connectivity index (χ1) is 6.36. The quantitative estimate of drug-likeness (QED) is 0.760. The lowest BCUT2D eigenvalue weighted by molar-refractivity contribution is 0.557. The van der Waals surface area contributed by atoms with Crippen LogP contribution in [0.2, 0.25) is 0 Å². The predicted octanol–water partition coefficient (Wildman–Crippen LogP) is 2.56.